The molecule has 7 nitrogen and oxygen atoms in total. The zero-order chi connectivity index (χ0) is 15.5. The Hall–Kier alpha value is -1.00. The molecule has 0 radical (unpaired) electrons. The summed E-state index contributed by atoms with van der Waals surface area (Å²) >= 11 is 9.09. The van der Waals surface area contributed by atoms with Crippen LogP contribution in [0.4, 0.5) is 0 Å². The molecule has 0 aromatic carbocycles. The third-order valence-electron chi connectivity index (χ3n) is 2.50. The number of alkyl halides is 1. The molecule has 0 bridgehead atoms. The lowest BCUT2D eigenvalue weighted by Gasteiger charge is -2.16. The summed E-state index contributed by atoms with van der Waals surface area (Å²) in [4.78, 5) is 3.77. The fourth-order valence-corrected chi connectivity index (χ4v) is 2.98. The summed E-state index contributed by atoms with van der Waals surface area (Å²) in [5, 5.41) is 3.92. The maximum atomic E-state index is 12.3. The van der Waals surface area contributed by atoms with Crippen molar-refractivity contribution in [2.75, 3.05) is 5.52 Å². The Morgan fingerprint density at radius 1 is 1.57 bits per heavy atom. The maximum Gasteiger partial charge on any atom is 0.244 e. The van der Waals surface area contributed by atoms with Crippen molar-refractivity contribution >= 4 is 37.6 Å². The molecule has 1 unspecified atom stereocenters. The lowest BCUT2D eigenvalue weighted by atomic mass is 10.3. The van der Waals surface area contributed by atoms with Gasteiger partial charge in [-0.25, -0.2) is 8.42 Å². The van der Waals surface area contributed by atoms with E-state index in [1.807, 2.05) is 0 Å². The highest BCUT2D eigenvalue weighted by atomic mass is 79.9. The van der Waals surface area contributed by atoms with Crippen LogP contribution in [-0.2, 0) is 14.8 Å². The first-order valence-corrected chi connectivity index (χ1v) is 8.65. The molecule has 10 heteroatoms. The molecule has 2 heterocycles. The molecule has 0 aliphatic heterocycles. The Morgan fingerprint density at radius 2 is 2.33 bits per heavy atom. The maximum absolute atomic E-state index is 12.3. The van der Waals surface area contributed by atoms with Gasteiger partial charge in [0.25, 0.3) is 0 Å². The predicted molar refractivity (Wildman–Crippen MR) is 78.4 cm³/mol. The average molecular weight is 397 g/mol. The molecule has 0 saturated carbocycles. The second-order valence-corrected chi connectivity index (χ2v) is 6.45. The van der Waals surface area contributed by atoms with Crippen molar-refractivity contribution in [3.8, 4) is 0 Å². The van der Waals surface area contributed by atoms with Crippen LogP contribution >= 0.6 is 27.5 Å². The number of rotatable bonds is 6. The minimum Gasteiger partial charge on any atom is -0.360 e. The van der Waals surface area contributed by atoms with Crippen LogP contribution in [-0.4, -0.2) is 24.1 Å². The number of sulfonamides is 1. The Morgan fingerprint density at radius 3 is 2.86 bits per heavy atom. The number of hydrogen-bond donors (Lipinski definition) is 1. The monoisotopic (exact) mass is 395 g/mol. The first-order chi connectivity index (χ1) is 9.95. The van der Waals surface area contributed by atoms with Gasteiger partial charge in [0.2, 0.25) is 10.0 Å². The standard InChI is InChI=1S/C11H11BrClN3O4S/c1-7-9(13)10(15-20-7)11(19-6-12)16-21(17,18)8-3-2-4-14-5-8/h2-5,11,16H,6H2,1H3. The molecule has 21 heavy (non-hydrogen) atoms. The molecule has 0 saturated heterocycles. The second-order valence-electron chi connectivity index (χ2n) is 3.90. The first-order valence-electron chi connectivity index (χ1n) is 5.67. The molecule has 0 aliphatic rings. The minimum absolute atomic E-state index is 0.00418. The number of pyridine rings is 1. The molecule has 0 aliphatic carbocycles. The largest absolute Gasteiger partial charge is 0.360 e. The van der Waals surface area contributed by atoms with E-state index in [0.29, 0.717) is 5.76 Å². The van der Waals surface area contributed by atoms with Crippen LogP contribution in [0.25, 0.3) is 0 Å². The van der Waals surface area contributed by atoms with E-state index in [1.54, 1.807) is 6.92 Å². The summed E-state index contributed by atoms with van der Waals surface area (Å²) in [5.41, 5.74) is 0.233. The minimum atomic E-state index is -3.84. The molecular weight excluding hydrogens is 386 g/mol. The van der Waals surface area contributed by atoms with Crippen molar-refractivity contribution in [3.63, 3.8) is 0 Å². The van der Waals surface area contributed by atoms with Gasteiger partial charge in [0, 0.05) is 12.4 Å². The fourth-order valence-electron chi connectivity index (χ4n) is 1.49. The number of ether oxygens (including phenoxy) is 1. The molecular formula is C11H11BrClN3O4S. The molecule has 0 spiro atoms. The number of halogens is 2. The molecule has 2 rings (SSSR count). The van der Waals surface area contributed by atoms with Crippen molar-refractivity contribution in [2.24, 2.45) is 0 Å². The Balaban J connectivity index is 2.31. The van der Waals surface area contributed by atoms with E-state index in [1.165, 1.54) is 24.5 Å². The summed E-state index contributed by atoms with van der Waals surface area (Å²) in [7, 11) is -3.84. The zero-order valence-corrected chi connectivity index (χ0v) is 13.9. The van der Waals surface area contributed by atoms with Crippen LogP contribution < -0.4 is 4.72 Å². The van der Waals surface area contributed by atoms with Gasteiger partial charge >= 0.3 is 0 Å². The summed E-state index contributed by atoms with van der Waals surface area (Å²) < 4.78 is 37.1. The predicted octanol–water partition coefficient (Wildman–Crippen LogP) is 2.38. The van der Waals surface area contributed by atoms with E-state index < -0.39 is 16.3 Å². The molecule has 2 aromatic rings. The topological polar surface area (TPSA) is 94.3 Å². The Kier molecular flexibility index (Phi) is 5.33. The van der Waals surface area contributed by atoms with Gasteiger partial charge in [0.1, 0.15) is 21.1 Å². The van der Waals surface area contributed by atoms with Gasteiger partial charge in [-0.3, -0.25) is 4.98 Å². The highest BCUT2D eigenvalue weighted by molar-refractivity contribution is 9.09. The number of nitrogens with one attached hydrogen (secondary N) is 1. The second kappa shape index (κ2) is 6.84. The Bertz CT molecular complexity index is 708. The van der Waals surface area contributed by atoms with Gasteiger partial charge in [-0.2, -0.15) is 4.72 Å². The number of hydrogen-bond acceptors (Lipinski definition) is 6. The van der Waals surface area contributed by atoms with Crippen molar-refractivity contribution in [3.05, 3.63) is 41.0 Å². The lowest BCUT2D eigenvalue weighted by Crippen LogP contribution is -2.30. The number of aromatic nitrogens is 2. The van der Waals surface area contributed by atoms with E-state index in [9.17, 15) is 8.42 Å². The molecule has 1 N–H and O–H groups in total. The average Bonchev–Trinajstić information content (AvgIpc) is 2.79. The molecule has 0 fully saturated rings. The highest BCUT2D eigenvalue weighted by Gasteiger charge is 2.27. The van der Waals surface area contributed by atoms with Crippen LogP contribution in [0.3, 0.4) is 0 Å². The molecule has 114 valence electrons. The third-order valence-corrected chi connectivity index (χ3v) is 4.61. The van der Waals surface area contributed by atoms with E-state index >= 15 is 0 Å². The van der Waals surface area contributed by atoms with Crippen molar-refractivity contribution in [1.29, 1.82) is 0 Å². The van der Waals surface area contributed by atoms with Gasteiger partial charge in [0.05, 0.1) is 0 Å². The summed E-state index contributed by atoms with van der Waals surface area (Å²) in [6, 6.07) is 2.93. The quantitative estimate of drug-likeness (QED) is 0.595. The van der Waals surface area contributed by atoms with Crippen molar-refractivity contribution in [1.82, 2.24) is 14.9 Å². The van der Waals surface area contributed by atoms with E-state index in [2.05, 4.69) is 30.8 Å². The van der Waals surface area contributed by atoms with Gasteiger partial charge in [-0.05, 0) is 19.1 Å². The van der Waals surface area contributed by atoms with Crippen LogP contribution in [0.15, 0.2) is 33.9 Å². The highest BCUT2D eigenvalue weighted by Crippen LogP contribution is 2.27. The van der Waals surface area contributed by atoms with E-state index in [-0.39, 0.29) is 21.1 Å². The van der Waals surface area contributed by atoms with Crippen LogP contribution in [0.1, 0.15) is 17.7 Å². The number of aryl methyl sites for hydroxylation is 1. The lowest BCUT2D eigenvalue weighted by molar-refractivity contribution is 0.0780. The molecule has 1 atom stereocenters. The van der Waals surface area contributed by atoms with Gasteiger partial charge in [0.15, 0.2) is 12.0 Å². The van der Waals surface area contributed by atoms with Gasteiger partial charge in [-0.1, -0.05) is 32.7 Å². The van der Waals surface area contributed by atoms with Crippen LogP contribution in [0.5, 0.6) is 0 Å². The third kappa shape index (κ3) is 3.80. The van der Waals surface area contributed by atoms with Crippen molar-refractivity contribution < 1.29 is 17.7 Å². The smallest absolute Gasteiger partial charge is 0.244 e. The van der Waals surface area contributed by atoms with Crippen LogP contribution in [0.2, 0.25) is 5.02 Å². The summed E-state index contributed by atoms with van der Waals surface area (Å²) in [5.74, 6) is 0.371. The Labute approximate surface area is 134 Å². The van der Waals surface area contributed by atoms with E-state index in [0.717, 1.165) is 0 Å². The van der Waals surface area contributed by atoms with Gasteiger partial charge in [-0.15, -0.1) is 0 Å². The summed E-state index contributed by atoms with van der Waals surface area (Å²) in [6.07, 6.45) is 1.62. The van der Waals surface area contributed by atoms with Crippen molar-refractivity contribution in [2.45, 2.75) is 18.0 Å². The first kappa shape index (κ1) is 16.4. The summed E-state index contributed by atoms with van der Waals surface area (Å²) in [6.45, 7) is 1.61. The van der Waals surface area contributed by atoms with E-state index in [4.69, 9.17) is 20.9 Å². The van der Waals surface area contributed by atoms with Crippen LogP contribution in [0, 0.1) is 6.92 Å². The molecule has 2 aromatic heterocycles. The molecule has 0 amide bonds. The normalized spacial score (nSPS) is 13.3. The fraction of sp³-hybridized carbons (Fsp3) is 0.273. The zero-order valence-electron chi connectivity index (χ0n) is 10.8. The number of nitrogens with zero attached hydrogens (tertiary/aromatic N) is 2. The SMILES string of the molecule is Cc1onc(C(NS(=O)(=O)c2cccnc2)OCBr)c1Cl. The van der Waals surface area contributed by atoms with Gasteiger partial charge < -0.3 is 9.26 Å².